The summed E-state index contributed by atoms with van der Waals surface area (Å²) >= 11 is 0. The van der Waals surface area contributed by atoms with E-state index in [4.69, 9.17) is 4.98 Å². The lowest BCUT2D eigenvalue weighted by Crippen LogP contribution is -2.29. The van der Waals surface area contributed by atoms with Gasteiger partial charge in [-0.1, -0.05) is 72.8 Å². The van der Waals surface area contributed by atoms with Crippen LogP contribution in [0.2, 0.25) is 0 Å². The lowest BCUT2D eigenvalue weighted by atomic mass is 10.1. The highest BCUT2D eigenvalue weighted by Crippen LogP contribution is 2.25. The first-order valence-electron chi connectivity index (χ1n) is 9.22. The van der Waals surface area contributed by atoms with Crippen molar-refractivity contribution in [3.8, 4) is 0 Å². The summed E-state index contributed by atoms with van der Waals surface area (Å²) in [6.07, 6.45) is 3.38. The molecule has 1 N–H and O–H groups in total. The molecule has 4 nitrogen and oxygen atoms in total. The molecule has 1 aromatic heterocycles. The zero-order valence-electron chi connectivity index (χ0n) is 15.6. The minimum absolute atomic E-state index is 0.162. The van der Waals surface area contributed by atoms with Crippen LogP contribution in [0.4, 0.5) is 0 Å². The van der Waals surface area contributed by atoms with E-state index in [1.165, 1.54) is 0 Å². The highest BCUT2D eigenvalue weighted by atomic mass is 16.1. The molecule has 0 saturated heterocycles. The lowest BCUT2D eigenvalue weighted by molar-refractivity contribution is -0.117. The number of rotatable bonds is 5. The number of amides is 1. The second kappa shape index (κ2) is 7.92. The van der Waals surface area contributed by atoms with E-state index in [0.29, 0.717) is 0 Å². The van der Waals surface area contributed by atoms with Crippen LogP contribution in [0.15, 0.2) is 91.0 Å². The van der Waals surface area contributed by atoms with Gasteiger partial charge in [-0.05, 0) is 29.3 Å². The van der Waals surface area contributed by atoms with Crippen LogP contribution in [-0.4, -0.2) is 15.5 Å². The number of carbonyl (C=O) groups excluding carboxylic acids is 1. The predicted octanol–water partition coefficient (Wildman–Crippen LogP) is 4.49. The number of aromatic nitrogens is 2. The number of aryl methyl sites for hydroxylation is 1. The molecule has 4 aromatic rings. The molecule has 138 valence electrons. The van der Waals surface area contributed by atoms with Crippen molar-refractivity contribution in [3.05, 3.63) is 108 Å². The molecular weight excluding hydrogens is 346 g/mol. The van der Waals surface area contributed by atoms with Gasteiger partial charge in [0.25, 0.3) is 0 Å². The average Bonchev–Trinajstić information content (AvgIpc) is 3.08. The zero-order valence-corrected chi connectivity index (χ0v) is 15.6. The topological polar surface area (TPSA) is 46.9 Å². The van der Waals surface area contributed by atoms with E-state index in [2.05, 4.69) is 5.32 Å². The van der Waals surface area contributed by atoms with Gasteiger partial charge in [0, 0.05) is 13.1 Å². The summed E-state index contributed by atoms with van der Waals surface area (Å²) in [5.41, 5.74) is 3.92. The summed E-state index contributed by atoms with van der Waals surface area (Å²) in [4.78, 5) is 17.4. The van der Waals surface area contributed by atoms with Crippen molar-refractivity contribution in [2.75, 3.05) is 0 Å². The Morgan fingerprint density at radius 2 is 1.57 bits per heavy atom. The molecule has 1 atom stereocenters. The Hall–Kier alpha value is -3.66. The third kappa shape index (κ3) is 3.71. The Kier molecular flexibility index (Phi) is 5.02. The monoisotopic (exact) mass is 367 g/mol. The van der Waals surface area contributed by atoms with Gasteiger partial charge in [-0.3, -0.25) is 4.79 Å². The Balaban J connectivity index is 1.67. The fourth-order valence-corrected chi connectivity index (χ4v) is 3.29. The molecule has 0 saturated carbocycles. The van der Waals surface area contributed by atoms with Crippen LogP contribution in [0.25, 0.3) is 17.1 Å². The number of imidazole rings is 1. The van der Waals surface area contributed by atoms with Gasteiger partial charge in [-0.15, -0.1) is 0 Å². The number of hydrogen-bond acceptors (Lipinski definition) is 2. The molecule has 4 rings (SSSR count). The third-order valence-corrected chi connectivity index (χ3v) is 4.73. The molecule has 0 bridgehead atoms. The maximum atomic E-state index is 12.7. The second-order valence-corrected chi connectivity index (χ2v) is 6.61. The smallest absolute Gasteiger partial charge is 0.244 e. The van der Waals surface area contributed by atoms with E-state index in [0.717, 1.165) is 28.0 Å². The van der Waals surface area contributed by atoms with Crippen LogP contribution in [0.5, 0.6) is 0 Å². The van der Waals surface area contributed by atoms with Crippen molar-refractivity contribution in [1.29, 1.82) is 0 Å². The van der Waals surface area contributed by atoms with Crippen LogP contribution < -0.4 is 5.32 Å². The fourth-order valence-electron chi connectivity index (χ4n) is 3.29. The molecule has 28 heavy (non-hydrogen) atoms. The first-order valence-corrected chi connectivity index (χ1v) is 9.22. The molecule has 4 heteroatoms. The van der Waals surface area contributed by atoms with Crippen molar-refractivity contribution in [2.24, 2.45) is 7.05 Å². The van der Waals surface area contributed by atoms with Gasteiger partial charge in [0.15, 0.2) is 0 Å². The summed E-state index contributed by atoms with van der Waals surface area (Å²) in [5.74, 6) is 0.638. The first-order chi connectivity index (χ1) is 13.7. The molecule has 0 fully saturated rings. The van der Waals surface area contributed by atoms with Crippen molar-refractivity contribution in [1.82, 2.24) is 14.9 Å². The predicted molar refractivity (Wildman–Crippen MR) is 113 cm³/mol. The SMILES string of the molecule is Cn1c(C(NC(=O)/C=C/c2ccccc2)c2ccccc2)nc2ccccc21. The average molecular weight is 367 g/mol. The fraction of sp³-hybridized carbons (Fsp3) is 0.0833. The number of fused-ring (bicyclic) bond motifs is 1. The highest BCUT2D eigenvalue weighted by Gasteiger charge is 2.21. The molecule has 3 aromatic carbocycles. The number of nitrogens with one attached hydrogen (secondary N) is 1. The summed E-state index contributed by atoms with van der Waals surface area (Å²) in [5, 5.41) is 3.11. The van der Waals surface area contributed by atoms with Crippen molar-refractivity contribution in [2.45, 2.75) is 6.04 Å². The van der Waals surface area contributed by atoms with E-state index >= 15 is 0 Å². The van der Waals surface area contributed by atoms with Gasteiger partial charge < -0.3 is 9.88 Å². The number of nitrogens with zero attached hydrogens (tertiary/aromatic N) is 2. The minimum atomic E-state index is -0.341. The maximum Gasteiger partial charge on any atom is 0.244 e. The summed E-state index contributed by atoms with van der Waals surface area (Å²) in [6.45, 7) is 0. The normalized spacial score (nSPS) is 12.3. The molecular formula is C24H21N3O. The van der Waals surface area contributed by atoms with E-state index in [-0.39, 0.29) is 11.9 Å². The molecule has 1 unspecified atom stereocenters. The molecule has 1 heterocycles. The first kappa shape index (κ1) is 17.7. The van der Waals surface area contributed by atoms with Gasteiger partial charge in [0.2, 0.25) is 5.91 Å². The van der Waals surface area contributed by atoms with E-state index in [9.17, 15) is 4.79 Å². The van der Waals surface area contributed by atoms with Crippen LogP contribution in [-0.2, 0) is 11.8 Å². The summed E-state index contributed by atoms with van der Waals surface area (Å²) < 4.78 is 2.04. The van der Waals surface area contributed by atoms with E-state index in [1.54, 1.807) is 6.08 Å². The van der Waals surface area contributed by atoms with Gasteiger partial charge in [-0.2, -0.15) is 0 Å². The quantitative estimate of drug-likeness (QED) is 0.528. The minimum Gasteiger partial charge on any atom is -0.339 e. The second-order valence-electron chi connectivity index (χ2n) is 6.61. The summed E-state index contributed by atoms with van der Waals surface area (Å²) in [7, 11) is 1.98. The summed E-state index contributed by atoms with van der Waals surface area (Å²) in [6, 6.07) is 27.3. The van der Waals surface area contributed by atoms with Crippen molar-refractivity contribution < 1.29 is 4.79 Å². The molecule has 1 amide bonds. The Bertz CT molecular complexity index is 1110. The van der Waals surface area contributed by atoms with Crippen molar-refractivity contribution >= 4 is 23.0 Å². The molecule has 0 aliphatic rings. The number of para-hydroxylation sites is 2. The zero-order chi connectivity index (χ0) is 19.3. The van der Waals surface area contributed by atoms with Crippen molar-refractivity contribution in [3.63, 3.8) is 0 Å². The Morgan fingerprint density at radius 1 is 0.929 bits per heavy atom. The maximum absolute atomic E-state index is 12.7. The number of benzene rings is 3. The largest absolute Gasteiger partial charge is 0.339 e. The van der Waals surface area contributed by atoms with E-state index in [1.807, 2.05) is 103 Å². The van der Waals surface area contributed by atoms with E-state index < -0.39 is 0 Å². The Morgan fingerprint density at radius 3 is 2.29 bits per heavy atom. The van der Waals surface area contributed by atoms with Gasteiger partial charge in [-0.25, -0.2) is 4.98 Å². The molecule has 0 aliphatic heterocycles. The highest BCUT2D eigenvalue weighted by molar-refractivity contribution is 5.92. The Labute approximate surface area is 164 Å². The van der Waals surface area contributed by atoms with Gasteiger partial charge in [0.1, 0.15) is 11.9 Å². The molecule has 0 radical (unpaired) electrons. The third-order valence-electron chi connectivity index (χ3n) is 4.73. The van der Waals surface area contributed by atoms with Gasteiger partial charge >= 0.3 is 0 Å². The number of hydrogen-bond donors (Lipinski definition) is 1. The van der Waals surface area contributed by atoms with Crippen LogP contribution in [0, 0.1) is 0 Å². The lowest BCUT2D eigenvalue weighted by Gasteiger charge is -2.18. The van der Waals surface area contributed by atoms with Gasteiger partial charge in [0.05, 0.1) is 11.0 Å². The number of carbonyl (C=O) groups is 1. The standard InChI is InChI=1S/C24H21N3O/c1-27-21-15-9-8-14-20(21)25-24(27)23(19-12-6-3-7-13-19)26-22(28)17-16-18-10-4-2-5-11-18/h2-17,23H,1H3,(H,26,28)/b17-16+. The van der Waals surface area contributed by atoms with Crippen LogP contribution in [0.3, 0.4) is 0 Å². The molecule has 0 aliphatic carbocycles. The molecule has 0 spiro atoms. The van der Waals surface area contributed by atoms with Crippen LogP contribution >= 0.6 is 0 Å². The van der Waals surface area contributed by atoms with Crippen LogP contribution in [0.1, 0.15) is 23.0 Å².